The molecule has 1 N–H and O–H groups in total. The molecule has 4 nitrogen and oxygen atoms in total. The van der Waals surface area contributed by atoms with Crippen LogP contribution in [-0.2, 0) is 13.0 Å². The number of aliphatic hydroxyl groups excluding tert-OH is 1. The molecule has 0 saturated heterocycles. The molecule has 21 heavy (non-hydrogen) atoms. The molecule has 0 aliphatic carbocycles. The third-order valence-corrected chi connectivity index (χ3v) is 4.43. The summed E-state index contributed by atoms with van der Waals surface area (Å²) in [6.07, 6.45) is -0.360. The Morgan fingerprint density at radius 3 is 2.81 bits per heavy atom. The molecule has 0 spiro atoms. The topological polar surface area (TPSA) is 47.3 Å². The van der Waals surface area contributed by atoms with Gasteiger partial charge in [0.25, 0.3) is 0 Å². The molecule has 0 aliphatic rings. The molecule has 1 atom stereocenters. The third kappa shape index (κ3) is 3.27. The lowest BCUT2D eigenvalue weighted by Crippen LogP contribution is -2.09. The van der Waals surface area contributed by atoms with Crippen LogP contribution in [0.2, 0.25) is 0 Å². The molecule has 1 heterocycles. The molecule has 2 rings (SSSR count). The molecule has 1 aromatic carbocycles. The molecule has 2 aromatic rings. The molecule has 0 bridgehead atoms. The highest BCUT2D eigenvalue weighted by molar-refractivity contribution is 9.10. The van der Waals surface area contributed by atoms with Gasteiger partial charge in [-0.3, -0.25) is 4.68 Å². The number of hydrogen-bond donors (Lipinski definition) is 1. The molecular weight excluding hydrogens is 339 g/mol. The van der Waals surface area contributed by atoms with Gasteiger partial charge in [-0.25, -0.2) is 4.39 Å². The standard InChI is InChI=1S/C15H18BrFN2O2/c1-4-19-12(15(16)9(2)18-19)8-13(20)10-5-6-11(17)14(7-10)21-3/h5-7,13,20H,4,8H2,1-3H3. The van der Waals surface area contributed by atoms with Gasteiger partial charge >= 0.3 is 0 Å². The number of aromatic nitrogens is 2. The van der Waals surface area contributed by atoms with Gasteiger partial charge < -0.3 is 9.84 Å². The summed E-state index contributed by atoms with van der Waals surface area (Å²) in [5.74, 6) is -0.310. The van der Waals surface area contributed by atoms with E-state index in [9.17, 15) is 9.50 Å². The number of benzene rings is 1. The van der Waals surface area contributed by atoms with Crippen LogP contribution in [0.25, 0.3) is 0 Å². The summed E-state index contributed by atoms with van der Waals surface area (Å²) in [5.41, 5.74) is 2.42. The van der Waals surface area contributed by atoms with Crippen molar-refractivity contribution in [3.8, 4) is 5.75 Å². The molecule has 6 heteroatoms. The van der Waals surface area contributed by atoms with Gasteiger partial charge in [0.1, 0.15) is 0 Å². The average molecular weight is 357 g/mol. The Balaban J connectivity index is 2.28. The summed E-state index contributed by atoms with van der Waals surface area (Å²) in [6, 6.07) is 4.39. The normalized spacial score (nSPS) is 12.5. The summed E-state index contributed by atoms with van der Waals surface area (Å²) in [5, 5.41) is 14.8. The lowest BCUT2D eigenvalue weighted by Gasteiger charge is -2.14. The van der Waals surface area contributed by atoms with E-state index in [2.05, 4.69) is 21.0 Å². The van der Waals surface area contributed by atoms with E-state index in [-0.39, 0.29) is 5.75 Å². The van der Waals surface area contributed by atoms with Crippen molar-refractivity contribution in [3.05, 3.63) is 45.4 Å². The van der Waals surface area contributed by atoms with E-state index in [1.165, 1.54) is 19.2 Å². The summed E-state index contributed by atoms with van der Waals surface area (Å²) in [7, 11) is 1.40. The molecule has 0 radical (unpaired) electrons. The number of hydrogen-bond acceptors (Lipinski definition) is 3. The zero-order valence-electron chi connectivity index (χ0n) is 12.2. The largest absolute Gasteiger partial charge is 0.494 e. The maximum atomic E-state index is 13.4. The van der Waals surface area contributed by atoms with Gasteiger partial charge in [-0.05, 0) is 47.5 Å². The van der Waals surface area contributed by atoms with Crippen LogP contribution in [0.3, 0.4) is 0 Å². The number of rotatable bonds is 5. The Morgan fingerprint density at radius 2 is 2.19 bits per heavy atom. The van der Waals surface area contributed by atoms with E-state index in [0.717, 1.165) is 22.4 Å². The van der Waals surface area contributed by atoms with Gasteiger partial charge in [0.15, 0.2) is 11.6 Å². The van der Waals surface area contributed by atoms with Gasteiger partial charge in [-0.2, -0.15) is 5.10 Å². The lowest BCUT2D eigenvalue weighted by molar-refractivity contribution is 0.174. The van der Waals surface area contributed by atoms with Gasteiger partial charge in [0, 0.05) is 13.0 Å². The predicted molar refractivity (Wildman–Crippen MR) is 82.0 cm³/mol. The van der Waals surface area contributed by atoms with Crippen LogP contribution in [0.1, 0.15) is 30.0 Å². The maximum Gasteiger partial charge on any atom is 0.165 e. The second-order valence-corrected chi connectivity index (χ2v) is 5.57. The highest BCUT2D eigenvalue weighted by Crippen LogP contribution is 2.28. The Bertz CT molecular complexity index is 643. The number of methoxy groups -OCH3 is 1. The average Bonchev–Trinajstić information content (AvgIpc) is 2.75. The van der Waals surface area contributed by atoms with Crippen LogP contribution < -0.4 is 4.74 Å². The number of aliphatic hydroxyl groups is 1. The van der Waals surface area contributed by atoms with Crippen molar-refractivity contribution >= 4 is 15.9 Å². The van der Waals surface area contributed by atoms with Crippen LogP contribution in [0, 0.1) is 12.7 Å². The fraction of sp³-hybridized carbons (Fsp3) is 0.400. The quantitative estimate of drug-likeness (QED) is 0.892. The van der Waals surface area contributed by atoms with E-state index in [0.29, 0.717) is 12.0 Å². The SMILES string of the molecule is CCn1nc(C)c(Br)c1CC(O)c1ccc(F)c(OC)c1. The second-order valence-electron chi connectivity index (χ2n) is 4.78. The summed E-state index contributed by atoms with van der Waals surface area (Å²) >= 11 is 3.50. The van der Waals surface area contributed by atoms with Gasteiger partial charge in [0.2, 0.25) is 0 Å². The molecule has 0 amide bonds. The summed E-state index contributed by atoms with van der Waals surface area (Å²) < 4.78 is 21.1. The van der Waals surface area contributed by atoms with Crippen molar-refractivity contribution in [3.63, 3.8) is 0 Å². The summed E-state index contributed by atoms with van der Waals surface area (Å²) in [6.45, 7) is 4.63. The first-order valence-electron chi connectivity index (χ1n) is 6.71. The monoisotopic (exact) mass is 356 g/mol. The summed E-state index contributed by atoms with van der Waals surface area (Å²) in [4.78, 5) is 0. The Hall–Kier alpha value is -1.40. The minimum atomic E-state index is -0.753. The molecule has 0 saturated carbocycles. The van der Waals surface area contributed by atoms with E-state index < -0.39 is 11.9 Å². The van der Waals surface area contributed by atoms with Crippen LogP contribution in [0.4, 0.5) is 4.39 Å². The molecule has 0 fully saturated rings. The smallest absolute Gasteiger partial charge is 0.165 e. The van der Waals surface area contributed by atoms with Crippen molar-refractivity contribution in [2.75, 3.05) is 7.11 Å². The zero-order valence-corrected chi connectivity index (χ0v) is 13.8. The second kappa shape index (κ2) is 6.58. The number of halogens is 2. The lowest BCUT2D eigenvalue weighted by atomic mass is 10.0. The van der Waals surface area contributed by atoms with Gasteiger partial charge in [-0.1, -0.05) is 6.07 Å². The van der Waals surface area contributed by atoms with Crippen LogP contribution in [-0.4, -0.2) is 22.0 Å². The van der Waals surface area contributed by atoms with Crippen LogP contribution >= 0.6 is 15.9 Å². The fourth-order valence-electron chi connectivity index (χ4n) is 2.25. The Morgan fingerprint density at radius 1 is 1.48 bits per heavy atom. The van der Waals surface area contributed by atoms with E-state index >= 15 is 0 Å². The van der Waals surface area contributed by atoms with Crippen molar-refractivity contribution in [1.82, 2.24) is 9.78 Å². The molecular formula is C15H18BrFN2O2. The van der Waals surface area contributed by atoms with Crippen LogP contribution in [0.15, 0.2) is 22.7 Å². The first-order valence-corrected chi connectivity index (χ1v) is 7.50. The molecule has 0 aliphatic heterocycles. The number of ether oxygens (including phenoxy) is 1. The number of nitrogens with zero attached hydrogens (tertiary/aromatic N) is 2. The maximum absolute atomic E-state index is 13.4. The predicted octanol–water partition coefficient (Wildman–Crippen LogP) is 3.40. The minimum absolute atomic E-state index is 0.130. The number of aryl methyl sites for hydroxylation is 2. The Kier molecular flexibility index (Phi) is 5.00. The van der Waals surface area contributed by atoms with Crippen molar-refractivity contribution < 1.29 is 14.2 Å². The first kappa shape index (κ1) is 16.0. The van der Waals surface area contributed by atoms with Gasteiger partial charge in [0.05, 0.1) is 29.1 Å². The molecule has 1 aromatic heterocycles. The fourth-order valence-corrected chi connectivity index (χ4v) is 2.69. The first-order chi connectivity index (χ1) is 9.97. The highest BCUT2D eigenvalue weighted by atomic mass is 79.9. The van der Waals surface area contributed by atoms with Crippen molar-refractivity contribution in [1.29, 1.82) is 0 Å². The van der Waals surface area contributed by atoms with Crippen molar-refractivity contribution in [2.24, 2.45) is 0 Å². The zero-order chi connectivity index (χ0) is 15.6. The third-order valence-electron chi connectivity index (χ3n) is 3.40. The van der Waals surface area contributed by atoms with E-state index in [1.54, 1.807) is 6.07 Å². The van der Waals surface area contributed by atoms with E-state index in [4.69, 9.17) is 4.74 Å². The van der Waals surface area contributed by atoms with Crippen molar-refractivity contribution in [2.45, 2.75) is 32.9 Å². The molecule has 114 valence electrons. The molecule has 1 unspecified atom stereocenters. The van der Waals surface area contributed by atoms with E-state index in [1.807, 2.05) is 18.5 Å². The minimum Gasteiger partial charge on any atom is -0.494 e. The van der Waals surface area contributed by atoms with Gasteiger partial charge in [-0.15, -0.1) is 0 Å². The highest BCUT2D eigenvalue weighted by Gasteiger charge is 2.18. The Labute approximate surface area is 131 Å². The van der Waals surface area contributed by atoms with Crippen LogP contribution in [0.5, 0.6) is 5.75 Å².